The molecular weight excluding hydrogens is 246 g/mol. The van der Waals surface area contributed by atoms with Crippen LogP contribution in [0.25, 0.3) is 0 Å². The van der Waals surface area contributed by atoms with E-state index in [-0.39, 0.29) is 11.7 Å². The summed E-state index contributed by atoms with van der Waals surface area (Å²) in [7, 11) is 2.84. The maximum absolute atomic E-state index is 12.1. The summed E-state index contributed by atoms with van der Waals surface area (Å²) < 4.78 is 0. The predicted molar refractivity (Wildman–Crippen MR) is 73.3 cm³/mol. The van der Waals surface area contributed by atoms with E-state index in [1.807, 2.05) is 0 Å². The second kappa shape index (κ2) is 9.04. The Labute approximate surface area is 115 Å². The molecule has 5 nitrogen and oxygen atoms in total. The van der Waals surface area contributed by atoms with Crippen LogP contribution in [0.15, 0.2) is 0 Å². The number of hydroxylamine groups is 2. The largest absolute Gasteiger partial charge is 0.392 e. The molecule has 1 N–H and O–H groups in total. The van der Waals surface area contributed by atoms with Crippen LogP contribution in [0.3, 0.4) is 0 Å². The number of aliphatic hydroxyl groups excluding tert-OH is 1. The first-order valence-corrected chi connectivity index (χ1v) is 6.90. The molecule has 112 valence electrons. The van der Waals surface area contributed by atoms with Crippen LogP contribution >= 0.6 is 0 Å². The van der Waals surface area contributed by atoms with Crippen molar-refractivity contribution in [3.05, 3.63) is 0 Å². The highest BCUT2D eigenvalue weighted by molar-refractivity contribution is 6.01. The molecule has 0 saturated carbocycles. The van der Waals surface area contributed by atoms with Crippen molar-refractivity contribution in [1.82, 2.24) is 5.06 Å². The number of amides is 1. The summed E-state index contributed by atoms with van der Waals surface area (Å²) in [6.45, 7) is 5.31. The molecule has 0 aliphatic rings. The van der Waals surface area contributed by atoms with E-state index >= 15 is 0 Å². The van der Waals surface area contributed by atoms with Crippen molar-refractivity contribution in [1.29, 1.82) is 0 Å². The van der Waals surface area contributed by atoms with E-state index in [0.717, 1.165) is 24.3 Å². The molecule has 0 saturated heterocycles. The number of unbranched alkanes of at least 4 members (excludes halogenated alkanes) is 2. The van der Waals surface area contributed by atoms with Gasteiger partial charge < -0.3 is 5.11 Å². The second-order valence-corrected chi connectivity index (χ2v) is 4.99. The Morgan fingerprint density at radius 1 is 1.26 bits per heavy atom. The van der Waals surface area contributed by atoms with Crippen molar-refractivity contribution < 1.29 is 19.5 Å². The lowest BCUT2D eigenvalue weighted by molar-refractivity contribution is -0.174. The number of Topliss-reactive ketones (excluding diaryl/α,β-unsaturated/α-hetero) is 1. The van der Waals surface area contributed by atoms with E-state index in [1.54, 1.807) is 13.8 Å². The van der Waals surface area contributed by atoms with Crippen LogP contribution in [0.5, 0.6) is 0 Å². The molecule has 0 aromatic heterocycles. The van der Waals surface area contributed by atoms with E-state index in [1.165, 1.54) is 14.2 Å². The van der Waals surface area contributed by atoms with Gasteiger partial charge in [0.05, 0.1) is 19.1 Å². The normalized spacial score (nSPS) is 15.7. The number of aliphatic hydroxyl groups is 1. The molecule has 19 heavy (non-hydrogen) atoms. The molecule has 0 rings (SSSR count). The zero-order valence-corrected chi connectivity index (χ0v) is 12.7. The summed E-state index contributed by atoms with van der Waals surface area (Å²) in [6, 6.07) is 0. The number of carbonyl (C=O) groups excluding carboxylic acids is 2. The monoisotopic (exact) mass is 273 g/mol. The molecule has 0 aliphatic heterocycles. The molecule has 0 heterocycles. The minimum absolute atomic E-state index is 0.238. The highest BCUT2D eigenvalue weighted by Gasteiger charge is 2.31. The Hall–Kier alpha value is -0.940. The lowest BCUT2D eigenvalue weighted by atomic mass is 9.88. The highest BCUT2D eigenvalue weighted by Crippen LogP contribution is 2.17. The summed E-state index contributed by atoms with van der Waals surface area (Å²) >= 11 is 0. The van der Waals surface area contributed by atoms with E-state index in [2.05, 4.69) is 6.92 Å². The Morgan fingerprint density at radius 3 is 2.32 bits per heavy atom. The first-order chi connectivity index (χ1) is 8.86. The molecule has 0 bridgehead atoms. The van der Waals surface area contributed by atoms with Crippen LogP contribution in [0.4, 0.5) is 0 Å². The molecule has 1 amide bonds. The molecule has 0 aromatic carbocycles. The Morgan fingerprint density at radius 2 is 1.84 bits per heavy atom. The van der Waals surface area contributed by atoms with E-state index < -0.39 is 17.9 Å². The van der Waals surface area contributed by atoms with E-state index in [4.69, 9.17) is 4.84 Å². The third-order valence-electron chi connectivity index (χ3n) is 3.51. The van der Waals surface area contributed by atoms with Gasteiger partial charge in [0.1, 0.15) is 5.78 Å². The number of carbonyl (C=O) groups is 2. The van der Waals surface area contributed by atoms with Crippen LogP contribution in [0, 0.1) is 11.8 Å². The van der Waals surface area contributed by atoms with Gasteiger partial charge in [0.15, 0.2) is 0 Å². The van der Waals surface area contributed by atoms with Gasteiger partial charge in [-0.05, 0) is 13.3 Å². The summed E-state index contributed by atoms with van der Waals surface area (Å²) in [5.41, 5.74) is 0. The number of nitrogens with zero attached hydrogens (tertiary/aromatic N) is 1. The first kappa shape index (κ1) is 18.1. The highest BCUT2D eigenvalue weighted by atomic mass is 16.7. The van der Waals surface area contributed by atoms with Gasteiger partial charge in [-0.25, -0.2) is 5.06 Å². The fraction of sp³-hybridized carbons (Fsp3) is 0.857. The van der Waals surface area contributed by atoms with Gasteiger partial charge in [0, 0.05) is 13.0 Å². The zero-order valence-electron chi connectivity index (χ0n) is 12.7. The van der Waals surface area contributed by atoms with Crippen LogP contribution in [0.2, 0.25) is 0 Å². The molecule has 0 aromatic rings. The van der Waals surface area contributed by atoms with Gasteiger partial charge in [-0.1, -0.05) is 33.1 Å². The maximum atomic E-state index is 12.1. The average molecular weight is 273 g/mol. The molecular formula is C14H27NO4. The maximum Gasteiger partial charge on any atom is 0.256 e. The van der Waals surface area contributed by atoms with Gasteiger partial charge in [-0.2, -0.15) is 0 Å². The van der Waals surface area contributed by atoms with Gasteiger partial charge in [0.25, 0.3) is 5.91 Å². The Kier molecular flexibility index (Phi) is 8.59. The molecule has 0 unspecified atom stereocenters. The van der Waals surface area contributed by atoms with Crippen LogP contribution in [-0.2, 0) is 14.4 Å². The average Bonchev–Trinajstić information content (AvgIpc) is 2.43. The van der Waals surface area contributed by atoms with Crippen molar-refractivity contribution in [2.75, 3.05) is 14.2 Å². The third-order valence-corrected chi connectivity index (χ3v) is 3.51. The predicted octanol–water partition coefficient (Wildman–Crippen LogP) is 1.79. The lowest BCUT2D eigenvalue weighted by Crippen LogP contribution is -2.39. The van der Waals surface area contributed by atoms with E-state index in [0.29, 0.717) is 6.42 Å². The minimum Gasteiger partial charge on any atom is -0.392 e. The minimum atomic E-state index is -0.791. The number of ketones is 1. The Balaban J connectivity index is 4.42. The van der Waals surface area contributed by atoms with Gasteiger partial charge in [0.2, 0.25) is 0 Å². The molecule has 5 heteroatoms. The van der Waals surface area contributed by atoms with Crippen LogP contribution < -0.4 is 0 Å². The number of rotatable bonds is 9. The first-order valence-electron chi connectivity index (χ1n) is 6.90. The molecule has 0 spiro atoms. The molecule has 0 fully saturated rings. The zero-order chi connectivity index (χ0) is 15.0. The van der Waals surface area contributed by atoms with Gasteiger partial charge in [-0.3, -0.25) is 14.4 Å². The van der Waals surface area contributed by atoms with Gasteiger partial charge in [-0.15, -0.1) is 0 Å². The molecule has 3 atom stereocenters. The van der Waals surface area contributed by atoms with Crippen LogP contribution in [0.1, 0.15) is 46.5 Å². The van der Waals surface area contributed by atoms with Crippen molar-refractivity contribution >= 4 is 11.7 Å². The molecule has 0 radical (unpaired) electrons. The molecule has 0 aliphatic carbocycles. The summed E-state index contributed by atoms with van der Waals surface area (Å²) in [4.78, 5) is 28.7. The summed E-state index contributed by atoms with van der Waals surface area (Å²) in [6.07, 6.45) is 2.93. The van der Waals surface area contributed by atoms with Crippen molar-refractivity contribution in [2.45, 2.75) is 52.6 Å². The topological polar surface area (TPSA) is 66.8 Å². The van der Waals surface area contributed by atoms with E-state index in [9.17, 15) is 14.7 Å². The fourth-order valence-electron chi connectivity index (χ4n) is 1.92. The number of hydrogen-bond acceptors (Lipinski definition) is 4. The summed E-state index contributed by atoms with van der Waals surface area (Å²) in [5, 5.41) is 11.0. The standard InChI is InChI=1S/C14H27NO4/c1-6-7-8-9-12(16)10(2)13(17)11(3)14(18)15(4)19-5/h10-12,16H,6-9H2,1-5H3/t10-,11-,12+/m0/s1. The van der Waals surface area contributed by atoms with Crippen LogP contribution in [-0.4, -0.2) is 42.1 Å². The van der Waals surface area contributed by atoms with Crippen molar-refractivity contribution in [2.24, 2.45) is 11.8 Å². The SMILES string of the molecule is CCCCC[C@@H](O)[C@H](C)C(=O)[C@H](C)C(=O)N(C)OC. The fourth-order valence-corrected chi connectivity index (χ4v) is 1.92. The quantitative estimate of drug-likeness (QED) is 0.395. The third kappa shape index (κ3) is 5.70. The second-order valence-electron chi connectivity index (χ2n) is 4.99. The van der Waals surface area contributed by atoms with Crippen molar-refractivity contribution in [3.63, 3.8) is 0 Å². The lowest BCUT2D eigenvalue weighted by Gasteiger charge is -2.23. The van der Waals surface area contributed by atoms with Gasteiger partial charge >= 0.3 is 0 Å². The summed E-state index contributed by atoms with van der Waals surface area (Å²) in [5.74, 6) is -1.94. The van der Waals surface area contributed by atoms with Crippen molar-refractivity contribution in [3.8, 4) is 0 Å². The number of hydrogen-bond donors (Lipinski definition) is 1. The smallest absolute Gasteiger partial charge is 0.256 e. The Bertz CT molecular complexity index is 293.